The molecule has 5 aromatic carbocycles. The molecule has 37 heavy (non-hydrogen) atoms. The van der Waals surface area contributed by atoms with Gasteiger partial charge in [-0.2, -0.15) is 0 Å². The first-order chi connectivity index (χ1) is 18.2. The molecule has 8 rings (SSSR count). The van der Waals surface area contributed by atoms with Gasteiger partial charge in [-0.15, -0.1) is 0 Å². The Balaban J connectivity index is 1.54. The summed E-state index contributed by atoms with van der Waals surface area (Å²) in [6, 6.07) is 35.7. The SMILES string of the molecule is Cc1cnc(-c2ccccc2)cc1-c1cc2oc3ccccc3c2c2c1oc1cc3ccccc3cc12. The third kappa shape index (κ3) is 2.98. The zero-order valence-corrected chi connectivity index (χ0v) is 20.2. The van der Waals surface area contributed by atoms with Crippen LogP contribution in [0.15, 0.2) is 118 Å². The second kappa shape index (κ2) is 7.55. The van der Waals surface area contributed by atoms with Crippen LogP contribution in [-0.4, -0.2) is 4.98 Å². The minimum absolute atomic E-state index is 0.858. The Morgan fingerprint density at radius 1 is 0.568 bits per heavy atom. The molecule has 0 fully saturated rings. The Hall–Kier alpha value is -4.89. The van der Waals surface area contributed by atoms with Crippen molar-refractivity contribution in [1.29, 1.82) is 0 Å². The molecule has 0 aliphatic heterocycles. The molecule has 0 unspecified atom stereocenters. The number of aromatic nitrogens is 1. The highest BCUT2D eigenvalue weighted by Gasteiger charge is 2.22. The van der Waals surface area contributed by atoms with E-state index in [0.717, 1.165) is 77.2 Å². The van der Waals surface area contributed by atoms with E-state index in [9.17, 15) is 0 Å². The monoisotopic (exact) mass is 475 g/mol. The molecule has 0 aliphatic carbocycles. The van der Waals surface area contributed by atoms with Crippen LogP contribution < -0.4 is 0 Å². The van der Waals surface area contributed by atoms with Crippen LogP contribution in [0.1, 0.15) is 5.56 Å². The predicted molar refractivity (Wildman–Crippen MR) is 152 cm³/mol. The Morgan fingerprint density at radius 2 is 1.32 bits per heavy atom. The average molecular weight is 476 g/mol. The van der Waals surface area contributed by atoms with Crippen LogP contribution in [0.2, 0.25) is 0 Å². The number of benzene rings is 5. The van der Waals surface area contributed by atoms with E-state index in [1.165, 1.54) is 5.39 Å². The molecular weight excluding hydrogens is 454 g/mol. The van der Waals surface area contributed by atoms with Crippen LogP contribution in [-0.2, 0) is 0 Å². The standard InChI is InChI=1S/C34H21NO2/c1-20-19-35-28(21-9-3-2-4-10-21)17-25(20)26-18-31-32(24-13-7-8-14-29(24)36-31)33-27-15-22-11-5-6-12-23(22)16-30(27)37-34(26)33/h2-19H,1H3. The van der Waals surface area contributed by atoms with Gasteiger partial charge in [0.1, 0.15) is 22.3 Å². The second-order valence-electron chi connectivity index (χ2n) is 9.65. The summed E-state index contributed by atoms with van der Waals surface area (Å²) in [6.07, 6.45) is 1.95. The fourth-order valence-corrected chi connectivity index (χ4v) is 5.62. The van der Waals surface area contributed by atoms with Crippen LogP contribution in [0, 0.1) is 6.92 Å². The summed E-state index contributed by atoms with van der Waals surface area (Å²) >= 11 is 0. The van der Waals surface area contributed by atoms with Gasteiger partial charge in [0.05, 0.1) is 5.69 Å². The lowest BCUT2D eigenvalue weighted by Gasteiger charge is -2.10. The molecule has 3 heteroatoms. The second-order valence-corrected chi connectivity index (χ2v) is 9.65. The van der Waals surface area contributed by atoms with Crippen molar-refractivity contribution in [3.8, 4) is 22.4 Å². The van der Waals surface area contributed by atoms with Crippen molar-refractivity contribution in [3.05, 3.63) is 115 Å². The van der Waals surface area contributed by atoms with Crippen molar-refractivity contribution in [3.63, 3.8) is 0 Å². The molecule has 8 aromatic rings. The smallest absolute Gasteiger partial charge is 0.144 e. The Kier molecular flexibility index (Phi) is 4.15. The molecule has 0 bridgehead atoms. The topological polar surface area (TPSA) is 39.2 Å². The van der Waals surface area contributed by atoms with Gasteiger partial charge in [0.15, 0.2) is 0 Å². The minimum atomic E-state index is 0.858. The summed E-state index contributed by atoms with van der Waals surface area (Å²) in [5.74, 6) is 0. The van der Waals surface area contributed by atoms with E-state index in [1.54, 1.807) is 0 Å². The predicted octanol–water partition coefficient (Wildman–Crippen LogP) is 9.68. The van der Waals surface area contributed by atoms with Crippen LogP contribution >= 0.6 is 0 Å². The van der Waals surface area contributed by atoms with Crippen LogP contribution in [0.4, 0.5) is 0 Å². The number of fused-ring (bicyclic) bond motifs is 8. The maximum Gasteiger partial charge on any atom is 0.144 e. The molecule has 0 aliphatic rings. The van der Waals surface area contributed by atoms with E-state index < -0.39 is 0 Å². The summed E-state index contributed by atoms with van der Waals surface area (Å²) < 4.78 is 13.1. The highest BCUT2D eigenvalue weighted by molar-refractivity contribution is 6.29. The van der Waals surface area contributed by atoms with E-state index in [1.807, 2.05) is 36.5 Å². The zero-order chi connectivity index (χ0) is 24.5. The largest absolute Gasteiger partial charge is 0.456 e. The van der Waals surface area contributed by atoms with Gasteiger partial charge in [-0.3, -0.25) is 4.98 Å². The molecule has 0 spiro atoms. The summed E-state index contributed by atoms with van der Waals surface area (Å²) in [5, 5.41) is 6.74. The fourth-order valence-electron chi connectivity index (χ4n) is 5.62. The number of para-hydroxylation sites is 1. The summed E-state index contributed by atoms with van der Waals surface area (Å²) in [6.45, 7) is 2.10. The highest BCUT2D eigenvalue weighted by atomic mass is 16.3. The molecule has 0 N–H and O–H groups in total. The van der Waals surface area contributed by atoms with E-state index in [0.29, 0.717) is 0 Å². The van der Waals surface area contributed by atoms with Gasteiger partial charge >= 0.3 is 0 Å². The normalized spacial score (nSPS) is 11.9. The number of nitrogens with zero attached hydrogens (tertiary/aromatic N) is 1. The molecule has 3 nitrogen and oxygen atoms in total. The summed E-state index contributed by atoms with van der Waals surface area (Å²) in [4.78, 5) is 4.74. The van der Waals surface area contributed by atoms with Gasteiger partial charge in [-0.1, -0.05) is 72.8 Å². The third-order valence-electron chi connectivity index (χ3n) is 7.41. The van der Waals surface area contributed by atoms with E-state index in [4.69, 9.17) is 13.8 Å². The molecule has 174 valence electrons. The number of hydrogen-bond donors (Lipinski definition) is 0. The lowest BCUT2D eigenvalue weighted by molar-refractivity contribution is 0.664. The van der Waals surface area contributed by atoms with Crippen molar-refractivity contribution in [2.45, 2.75) is 6.92 Å². The van der Waals surface area contributed by atoms with Crippen molar-refractivity contribution < 1.29 is 8.83 Å². The fraction of sp³-hybridized carbons (Fsp3) is 0.0294. The van der Waals surface area contributed by atoms with Gasteiger partial charge in [0.2, 0.25) is 0 Å². The third-order valence-corrected chi connectivity index (χ3v) is 7.41. The number of furan rings is 2. The Labute approximate surface area is 212 Å². The van der Waals surface area contributed by atoms with Gasteiger partial charge in [-0.05, 0) is 59.2 Å². The maximum atomic E-state index is 6.71. The van der Waals surface area contributed by atoms with Crippen molar-refractivity contribution in [1.82, 2.24) is 4.98 Å². The first-order valence-electron chi connectivity index (χ1n) is 12.5. The quantitative estimate of drug-likeness (QED) is 0.250. The van der Waals surface area contributed by atoms with Gasteiger partial charge in [0.25, 0.3) is 0 Å². The van der Waals surface area contributed by atoms with Crippen LogP contribution in [0.5, 0.6) is 0 Å². The number of hydrogen-bond acceptors (Lipinski definition) is 3. The van der Waals surface area contributed by atoms with E-state index in [2.05, 4.69) is 79.7 Å². The van der Waals surface area contributed by atoms with Crippen molar-refractivity contribution in [2.24, 2.45) is 0 Å². The van der Waals surface area contributed by atoms with Gasteiger partial charge in [0, 0.05) is 38.9 Å². The van der Waals surface area contributed by atoms with E-state index >= 15 is 0 Å². The van der Waals surface area contributed by atoms with Crippen LogP contribution in [0.25, 0.3) is 77.0 Å². The zero-order valence-electron chi connectivity index (χ0n) is 20.2. The first-order valence-corrected chi connectivity index (χ1v) is 12.5. The summed E-state index contributed by atoms with van der Waals surface area (Å²) in [5.41, 5.74) is 8.69. The first kappa shape index (κ1) is 20.3. The number of rotatable bonds is 2. The Bertz CT molecular complexity index is 2150. The van der Waals surface area contributed by atoms with Crippen molar-refractivity contribution >= 4 is 54.6 Å². The molecule has 0 atom stereocenters. The molecule has 3 heterocycles. The Morgan fingerprint density at radius 3 is 2.19 bits per heavy atom. The molecule has 0 saturated heterocycles. The molecule has 3 aromatic heterocycles. The maximum absolute atomic E-state index is 6.71. The average Bonchev–Trinajstić information content (AvgIpc) is 3.49. The highest BCUT2D eigenvalue weighted by Crippen LogP contribution is 2.46. The van der Waals surface area contributed by atoms with Crippen LogP contribution in [0.3, 0.4) is 0 Å². The molecule has 0 amide bonds. The number of pyridine rings is 1. The summed E-state index contributed by atoms with van der Waals surface area (Å²) in [7, 11) is 0. The molecular formula is C34H21NO2. The number of aryl methyl sites for hydroxylation is 1. The van der Waals surface area contributed by atoms with E-state index in [-0.39, 0.29) is 0 Å². The van der Waals surface area contributed by atoms with Gasteiger partial charge < -0.3 is 8.83 Å². The lowest BCUT2D eigenvalue weighted by atomic mass is 9.95. The minimum Gasteiger partial charge on any atom is -0.456 e. The van der Waals surface area contributed by atoms with Crippen molar-refractivity contribution in [2.75, 3.05) is 0 Å². The lowest BCUT2D eigenvalue weighted by Crippen LogP contribution is -1.90. The van der Waals surface area contributed by atoms with Gasteiger partial charge in [-0.25, -0.2) is 0 Å². The molecule has 0 saturated carbocycles. The molecule has 0 radical (unpaired) electrons.